The zero-order valence-electron chi connectivity index (χ0n) is 14.8. The van der Waals surface area contributed by atoms with Crippen LogP contribution in [0.2, 0.25) is 5.02 Å². The summed E-state index contributed by atoms with van der Waals surface area (Å²) in [5.74, 6) is -0.400. The molecular weight excluding hydrogens is 364 g/mol. The number of imide groups is 1. The molecule has 5 unspecified atom stereocenters. The van der Waals surface area contributed by atoms with E-state index in [9.17, 15) is 14.4 Å². The van der Waals surface area contributed by atoms with E-state index in [0.717, 1.165) is 24.8 Å². The van der Waals surface area contributed by atoms with Gasteiger partial charge in [-0.15, -0.1) is 0 Å². The highest BCUT2D eigenvalue weighted by Gasteiger charge is 2.59. The lowest BCUT2D eigenvalue weighted by Crippen LogP contribution is -2.43. The quantitative estimate of drug-likeness (QED) is 0.627. The molecule has 140 valence electrons. The summed E-state index contributed by atoms with van der Waals surface area (Å²) in [6.45, 7) is -0.180. The van der Waals surface area contributed by atoms with Crippen LogP contribution in [-0.4, -0.2) is 29.2 Å². The molecular formula is C21H21ClN2O3. The van der Waals surface area contributed by atoms with E-state index in [-0.39, 0.29) is 54.0 Å². The van der Waals surface area contributed by atoms with Crippen LogP contribution in [0.3, 0.4) is 0 Å². The number of hydrogen-bond donors (Lipinski definition) is 1. The first kappa shape index (κ1) is 17.0. The predicted octanol–water partition coefficient (Wildman–Crippen LogP) is 2.71. The van der Waals surface area contributed by atoms with Crippen LogP contribution < -0.4 is 5.32 Å². The van der Waals surface area contributed by atoms with Crippen molar-refractivity contribution in [2.24, 2.45) is 29.6 Å². The Bertz CT molecular complexity index is 815. The smallest absolute Gasteiger partial charge is 0.240 e. The van der Waals surface area contributed by atoms with Crippen molar-refractivity contribution in [3.05, 3.63) is 47.0 Å². The highest BCUT2D eigenvalue weighted by atomic mass is 35.5. The number of carbonyl (C=O) groups excluding carboxylic acids is 3. The number of nitrogens with one attached hydrogen (secondary N) is 1. The van der Waals surface area contributed by atoms with Crippen molar-refractivity contribution in [1.82, 2.24) is 10.2 Å². The number of rotatable bonds is 5. The molecule has 3 amide bonds. The summed E-state index contributed by atoms with van der Waals surface area (Å²) in [6.07, 6.45) is 7.14. The van der Waals surface area contributed by atoms with Crippen LogP contribution in [0, 0.1) is 29.6 Å². The van der Waals surface area contributed by atoms with Crippen molar-refractivity contribution < 1.29 is 14.4 Å². The molecule has 2 saturated carbocycles. The number of carbonyl (C=O) groups is 3. The minimum atomic E-state index is -0.274. The predicted molar refractivity (Wildman–Crippen MR) is 99.5 cm³/mol. The van der Waals surface area contributed by atoms with Crippen molar-refractivity contribution in [3.8, 4) is 0 Å². The lowest BCUT2D eigenvalue weighted by Gasteiger charge is -2.22. The molecule has 3 aliphatic carbocycles. The van der Waals surface area contributed by atoms with Gasteiger partial charge in [0, 0.05) is 5.02 Å². The summed E-state index contributed by atoms with van der Waals surface area (Å²) in [7, 11) is 0. The molecule has 27 heavy (non-hydrogen) atoms. The maximum atomic E-state index is 12.7. The minimum absolute atomic E-state index is 0.0973. The third-order valence-corrected chi connectivity index (χ3v) is 6.75. The fourth-order valence-electron chi connectivity index (χ4n) is 5.06. The molecule has 5 nitrogen and oxygen atoms in total. The second-order valence-electron chi connectivity index (χ2n) is 8.20. The van der Waals surface area contributed by atoms with E-state index in [1.807, 2.05) is 24.3 Å². The molecule has 0 aromatic heterocycles. The SMILES string of the molecule is O=C(CN1C(=O)C2C3C=CC(C3)C2C1=O)NC(c1ccc(Cl)cc1)C1CC1. The number of nitrogens with zero attached hydrogens (tertiary/aromatic N) is 1. The van der Waals surface area contributed by atoms with E-state index in [1.165, 1.54) is 4.90 Å². The highest BCUT2D eigenvalue weighted by molar-refractivity contribution is 6.30. The van der Waals surface area contributed by atoms with E-state index in [0.29, 0.717) is 10.9 Å². The molecule has 3 fully saturated rings. The van der Waals surface area contributed by atoms with Crippen molar-refractivity contribution in [1.29, 1.82) is 0 Å². The number of benzene rings is 1. The number of halogens is 1. The molecule has 1 saturated heterocycles. The first-order valence-corrected chi connectivity index (χ1v) is 9.99. The first-order valence-electron chi connectivity index (χ1n) is 9.61. The lowest BCUT2D eigenvalue weighted by molar-refractivity contribution is -0.144. The van der Waals surface area contributed by atoms with Crippen molar-refractivity contribution in [2.45, 2.75) is 25.3 Å². The van der Waals surface area contributed by atoms with Crippen molar-refractivity contribution in [3.63, 3.8) is 0 Å². The van der Waals surface area contributed by atoms with Gasteiger partial charge in [-0.3, -0.25) is 19.3 Å². The summed E-state index contributed by atoms with van der Waals surface area (Å²) in [5.41, 5.74) is 1.01. The lowest BCUT2D eigenvalue weighted by atomic mass is 9.85. The third-order valence-electron chi connectivity index (χ3n) is 6.50. The number of amides is 3. The average molecular weight is 385 g/mol. The summed E-state index contributed by atoms with van der Waals surface area (Å²) in [6, 6.07) is 7.38. The van der Waals surface area contributed by atoms with Crippen LogP contribution in [0.4, 0.5) is 0 Å². The number of likely N-dealkylation sites (tertiary alicyclic amines) is 1. The van der Waals surface area contributed by atoms with Gasteiger partial charge in [-0.05, 0) is 54.7 Å². The van der Waals surface area contributed by atoms with Crippen LogP contribution in [0.5, 0.6) is 0 Å². The van der Waals surface area contributed by atoms with Gasteiger partial charge in [0.15, 0.2) is 0 Å². The van der Waals surface area contributed by atoms with E-state index >= 15 is 0 Å². The van der Waals surface area contributed by atoms with Gasteiger partial charge >= 0.3 is 0 Å². The molecule has 5 rings (SSSR count). The third kappa shape index (κ3) is 2.80. The molecule has 1 aliphatic heterocycles. The Morgan fingerprint density at radius 1 is 1.07 bits per heavy atom. The van der Waals surface area contributed by atoms with Gasteiger partial charge in [-0.25, -0.2) is 0 Å². The Hall–Kier alpha value is -2.14. The van der Waals surface area contributed by atoms with E-state index in [2.05, 4.69) is 17.5 Å². The summed E-state index contributed by atoms with van der Waals surface area (Å²) in [5, 5.41) is 3.70. The fraction of sp³-hybridized carbons (Fsp3) is 0.476. The highest BCUT2D eigenvalue weighted by Crippen LogP contribution is 2.52. The maximum absolute atomic E-state index is 12.7. The van der Waals surface area contributed by atoms with Gasteiger partial charge in [-0.2, -0.15) is 0 Å². The Labute approximate surface area is 162 Å². The maximum Gasteiger partial charge on any atom is 0.240 e. The Balaban J connectivity index is 1.28. The van der Waals surface area contributed by atoms with Crippen LogP contribution in [0.25, 0.3) is 0 Å². The summed E-state index contributed by atoms with van der Waals surface area (Å²) in [4.78, 5) is 39.3. The largest absolute Gasteiger partial charge is 0.347 e. The minimum Gasteiger partial charge on any atom is -0.347 e. The second-order valence-corrected chi connectivity index (χ2v) is 8.63. The second kappa shape index (κ2) is 6.20. The van der Waals surface area contributed by atoms with E-state index in [1.54, 1.807) is 0 Å². The fourth-order valence-corrected chi connectivity index (χ4v) is 5.18. The molecule has 1 heterocycles. The van der Waals surface area contributed by atoms with E-state index < -0.39 is 0 Å². The van der Waals surface area contributed by atoms with Gasteiger partial charge < -0.3 is 5.32 Å². The number of allylic oxidation sites excluding steroid dienone is 2. The van der Waals surface area contributed by atoms with Gasteiger partial charge in [0.1, 0.15) is 6.54 Å². The number of hydrogen-bond acceptors (Lipinski definition) is 3. The van der Waals surface area contributed by atoms with Gasteiger partial charge in [-0.1, -0.05) is 35.9 Å². The summed E-state index contributed by atoms with van der Waals surface area (Å²) >= 11 is 5.96. The molecule has 1 aromatic rings. The van der Waals surface area contributed by atoms with Gasteiger partial charge in [0.2, 0.25) is 17.7 Å². The topological polar surface area (TPSA) is 66.5 Å². The Kier molecular flexibility index (Phi) is 3.90. The molecule has 6 heteroatoms. The van der Waals surface area contributed by atoms with Gasteiger partial charge in [0.05, 0.1) is 17.9 Å². The van der Waals surface area contributed by atoms with Crippen LogP contribution in [-0.2, 0) is 14.4 Å². The van der Waals surface area contributed by atoms with Crippen LogP contribution in [0.1, 0.15) is 30.9 Å². The zero-order valence-corrected chi connectivity index (χ0v) is 15.6. The normalized spacial score (nSPS) is 32.1. The molecule has 4 aliphatic rings. The molecule has 2 bridgehead atoms. The van der Waals surface area contributed by atoms with Crippen molar-refractivity contribution >= 4 is 29.3 Å². The van der Waals surface area contributed by atoms with Crippen molar-refractivity contribution in [2.75, 3.05) is 6.54 Å². The monoisotopic (exact) mass is 384 g/mol. The molecule has 5 atom stereocenters. The Morgan fingerprint density at radius 3 is 2.22 bits per heavy atom. The molecule has 1 N–H and O–H groups in total. The zero-order chi connectivity index (χ0) is 18.7. The first-order chi connectivity index (χ1) is 13.0. The van der Waals surface area contributed by atoms with Crippen LogP contribution >= 0.6 is 11.6 Å². The van der Waals surface area contributed by atoms with Crippen LogP contribution in [0.15, 0.2) is 36.4 Å². The van der Waals surface area contributed by atoms with Gasteiger partial charge in [0.25, 0.3) is 0 Å². The molecule has 1 aromatic carbocycles. The Morgan fingerprint density at radius 2 is 1.67 bits per heavy atom. The average Bonchev–Trinajstić information content (AvgIpc) is 3.21. The molecule has 0 spiro atoms. The van der Waals surface area contributed by atoms with E-state index in [4.69, 9.17) is 11.6 Å². The summed E-state index contributed by atoms with van der Waals surface area (Å²) < 4.78 is 0. The molecule has 0 radical (unpaired) electrons. The standard InChI is InChI=1S/C21H21ClN2O3/c22-15-7-5-12(6-8-15)19(11-1-2-11)23-16(25)10-24-20(26)17-13-3-4-14(9-13)18(17)21(24)27/h3-8,11,13-14,17-19H,1-2,9-10H2,(H,23,25). The number of fused-ring (bicyclic) bond motifs is 5.